The zero-order chi connectivity index (χ0) is 17.2. The lowest BCUT2D eigenvalue weighted by atomic mass is 10.2. The molecule has 1 heterocycles. The first-order chi connectivity index (χ1) is 11.4. The normalized spacial score (nSPS) is 18.0. The molecule has 0 aromatic heterocycles. The van der Waals surface area contributed by atoms with Crippen LogP contribution in [0.25, 0.3) is 0 Å². The summed E-state index contributed by atoms with van der Waals surface area (Å²) in [6.07, 6.45) is -0.0759. The van der Waals surface area contributed by atoms with Crippen LogP contribution in [-0.4, -0.2) is 31.0 Å². The van der Waals surface area contributed by atoms with Gasteiger partial charge in [-0.05, 0) is 18.2 Å². The van der Waals surface area contributed by atoms with Crippen LogP contribution in [0.5, 0.6) is 11.5 Å². The van der Waals surface area contributed by atoms with Gasteiger partial charge in [0.1, 0.15) is 16.7 Å². The number of halogens is 1. The topological polar surface area (TPSA) is 63.7 Å². The molecule has 1 aliphatic heterocycles. The highest BCUT2D eigenvalue weighted by Gasteiger charge is 2.37. The van der Waals surface area contributed by atoms with E-state index in [9.17, 15) is 13.2 Å². The highest BCUT2D eigenvalue weighted by molar-refractivity contribution is 8.14. The molecule has 2 aromatic carbocycles. The Bertz CT molecular complexity index is 839. The quantitative estimate of drug-likeness (QED) is 0.763. The third-order valence-electron chi connectivity index (χ3n) is 3.88. The average Bonchev–Trinajstić information content (AvgIpc) is 2.92. The zero-order valence-corrected chi connectivity index (χ0v) is 14.3. The summed E-state index contributed by atoms with van der Waals surface area (Å²) >= 11 is 0. The maximum Gasteiger partial charge on any atom is 0.237 e. The Labute approximate surface area is 145 Å². The van der Waals surface area contributed by atoms with E-state index in [4.69, 9.17) is 15.4 Å². The molecular weight excluding hydrogens is 350 g/mol. The lowest BCUT2D eigenvalue weighted by molar-refractivity contribution is -0.128. The van der Waals surface area contributed by atoms with Crippen LogP contribution >= 0.6 is 10.7 Å². The van der Waals surface area contributed by atoms with Crippen LogP contribution in [0.4, 0.5) is 0 Å². The summed E-state index contributed by atoms with van der Waals surface area (Å²) in [6.45, 7) is 0.384. The van der Waals surface area contributed by atoms with E-state index in [1.165, 1.54) is 4.90 Å². The number of amides is 1. The van der Waals surface area contributed by atoms with Gasteiger partial charge < -0.3 is 9.64 Å². The number of hydrogen-bond donors (Lipinski definition) is 0. The fourth-order valence-electron chi connectivity index (χ4n) is 2.63. The maximum atomic E-state index is 12.1. The fraction of sp³-hybridized carbons (Fsp3) is 0.235. The zero-order valence-electron chi connectivity index (χ0n) is 12.8. The van der Waals surface area contributed by atoms with Crippen molar-refractivity contribution in [1.82, 2.24) is 4.90 Å². The molecule has 1 aliphatic rings. The van der Waals surface area contributed by atoms with Crippen LogP contribution in [0.15, 0.2) is 54.6 Å². The van der Waals surface area contributed by atoms with Gasteiger partial charge in [-0.25, -0.2) is 8.42 Å². The summed E-state index contributed by atoms with van der Waals surface area (Å²) in [6, 6.07) is 16.7. The van der Waals surface area contributed by atoms with Gasteiger partial charge in [0, 0.05) is 35.8 Å². The first kappa shape index (κ1) is 16.8. The summed E-state index contributed by atoms with van der Waals surface area (Å²) in [4.78, 5) is 13.6. The second-order valence-electron chi connectivity index (χ2n) is 5.60. The number of likely N-dealkylation sites (tertiary alicyclic amines) is 1. The second kappa shape index (κ2) is 6.83. The van der Waals surface area contributed by atoms with Crippen molar-refractivity contribution in [2.24, 2.45) is 0 Å². The van der Waals surface area contributed by atoms with Crippen molar-refractivity contribution < 1.29 is 17.9 Å². The Morgan fingerprint density at radius 1 is 1.08 bits per heavy atom. The maximum absolute atomic E-state index is 12.1. The Morgan fingerprint density at radius 3 is 2.42 bits per heavy atom. The minimum atomic E-state index is -3.74. The SMILES string of the molecule is O=C1CC(S(=O)(=O)Cl)CN1Cc1ccccc1Oc1ccccc1. The second-order valence-corrected chi connectivity index (χ2v) is 8.51. The smallest absolute Gasteiger partial charge is 0.237 e. The van der Waals surface area contributed by atoms with Crippen LogP contribution in [0.1, 0.15) is 12.0 Å². The molecule has 2 aromatic rings. The molecule has 126 valence electrons. The van der Waals surface area contributed by atoms with E-state index >= 15 is 0 Å². The van der Waals surface area contributed by atoms with Crippen LogP contribution in [0.2, 0.25) is 0 Å². The Balaban J connectivity index is 1.78. The van der Waals surface area contributed by atoms with E-state index in [-0.39, 0.29) is 25.4 Å². The van der Waals surface area contributed by atoms with E-state index in [0.717, 1.165) is 5.56 Å². The molecule has 0 bridgehead atoms. The van der Waals surface area contributed by atoms with E-state index < -0.39 is 14.3 Å². The molecular formula is C17H16ClNO4S. The van der Waals surface area contributed by atoms with Gasteiger partial charge in [0.05, 0.1) is 0 Å². The molecule has 7 heteroatoms. The third-order valence-corrected chi connectivity index (χ3v) is 5.75. The van der Waals surface area contributed by atoms with Crippen LogP contribution in [0, 0.1) is 0 Å². The first-order valence-corrected chi connectivity index (χ1v) is 9.83. The number of para-hydroxylation sites is 2. The molecule has 0 saturated carbocycles. The minimum Gasteiger partial charge on any atom is -0.457 e. The Hall–Kier alpha value is -2.05. The minimum absolute atomic E-state index is 0.0759. The van der Waals surface area contributed by atoms with Gasteiger partial charge in [-0.1, -0.05) is 36.4 Å². The van der Waals surface area contributed by atoms with Gasteiger partial charge in [0.2, 0.25) is 15.0 Å². The lowest BCUT2D eigenvalue weighted by Crippen LogP contribution is -2.26. The number of nitrogens with zero attached hydrogens (tertiary/aromatic N) is 1. The first-order valence-electron chi connectivity index (χ1n) is 7.45. The molecule has 1 unspecified atom stereocenters. The van der Waals surface area contributed by atoms with Gasteiger partial charge in [-0.3, -0.25) is 4.79 Å². The van der Waals surface area contributed by atoms with Crippen molar-refractivity contribution in [2.75, 3.05) is 6.54 Å². The predicted molar refractivity (Wildman–Crippen MR) is 91.6 cm³/mol. The monoisotopic (exact) mass is 365 g/mol. The van der Waals surface area contributed by atoms with Crippen LogP contribution < -0.4 is 4.74 Å². The molecule has 0 spiro atoms. The molecule has 0 N–H and O–H groups in total. The average molecular weight is 366 g/mol. The molecule has 0 radical (unpaired) electrons. The van der Waals surface area contributed by atoms with E-state index in [1.807, 2.05) is 54.6 Å². The molecule has 1 fully saturated rings. The number of ether oxygens (including phenoxy) is 1. The van der Waals surface area contributed by atoms with E-state index in [0.29, 0.717) is 11.5 Å². The largest absolute Gasteiger partial charge is 0.457 e. The summed E-state index contributed by atoms with van der Waals surface area (Å²) in [5, 5.41) is -0.853. The Morgan fingerprint density at radius 2 is 1.75 bits per heavy atom. The lowest BCUT2D eigenvalue weighted by Gasteiger charge is -2.18. The molecule has 5 nitrogen and oxygen atoms in total. The summed E-state index contributed by atoms with van der Waals surface area (Å²) in [5.41, 5.74) is 0.808. The van der Waals surface area contributed by atoms with Crippen LogP contribution in [0.3, 0.4) is 0 Å². The van der Waals surface area contributed by atoms with Crippen molar-refractivity contribution in [1.29, 1.82) is 0 Å². The van der Waals surface area contributed by atoms with Gasteiger partial charge in [0.15, 0.2) is 0 Å². The highest BCUT2D eigenvalue weighted by Crippen LogP contribution is 2.29. The number of benzene rings is 2. The molecule has 0 aliphatic carbocycles. The van der Waals surface area contributed by atoms with Crippen molar-refractivity contribution in [3.05, 3.63) is 60.2 Å². The van der Waals surface area contributed by atoms with Crippen molar-refractivity contribution in [3.8, 4) is 11.5 Å². The fourth-order valence-corrected chi connectivity index (χ4v) is 3.69. The summed E-state index contributed by atoms with van der Waals surface area (Å²) in [5.74, 6) is 1.10. The summed E-state index contributed by atoms with van der Waals surface area (Å²) in [7, 11) is 1.64. The standard InChI is InChI=1S/C17H16ClNO4S/c18-24(21,22)15-10-17(20)19(12-15)11-13-6-4-5-9-16(13)23-14-7-2-1-3-8-14/h1-9,15H,10-12H2. The van der Waals surface area contributed by atoms with Gasteiger partial charge in [0.25, 0.3) is 0 Å². The van der Waals surface area contributed by atoms with E-state index in [1.54, 1.807) is 0 Å². The van der Waals surface area contributed by atoms with Crippen molar-refractivity contribution >= 4 is 25.6 Å². The summed E-state index contributed by atoms with van der Waals surface area (Å²) < 4.78 is 28.8. The Kier molecular flexibility index (Phi) is 4.78. The van der Waals surface area contributed by atoms with Crippen molar-refractivity contribution in [3.63, 3.8) is 0 Å². The van der Waals surface area contributed by atoms with Gasteiger partial charge >= 0.3 is 0 Å². The van der Waals surface area contributed by atoms with Gasteiger partial charge in [-0.2, -0.15) is 0 Å². The number of carbonyl (C=O) groups excluding carboxylic acids is 1. The predicted octanol–water partition coefficient (Wildman–Crippen LogP) is 3.15. The van der Waals surface area contributed by atoms with Crippen LogP contribution in [-0.2, 0) is 20.4 Å². The highest BCUT2D eigenvalue weighted by atomic mass is 35.7. The molecule has 1 atom stereocenters. The number of hydrogen-bond acceptors (Lipinski definition) is 4. The molecule has 1 amide bonds. The molecule has 3 rings (SSSR count). The number of carbonyl (C=O) groups is 1. The van der Waals surface area contributed by atoms with E-state index in [2.05, 4.69) is 0 Å². The van der Waals surface area contributed by atoms with Crippen molar-refractivity contribution in [2.45, 2.75) is 18.2 Å². The van der Waals surface area contributed by atoms with Gasteiger partial charge in [-0.15, -0.1) is 0 Å². The molecule has 24 heavy (non-hydrogen) atoms. The molecule has 1 saturated heterocycles. The third kappa shape index (κ3) is 3.88. The number of rotatable bonds is 5.